The number of phenolic OH excluding ortho intramolecular Hbond substituents is 1. The second-order valence-electron chi connectivity index (χ2n) is 7.96. The fourth-order valence-corrected chi connectivity index (χ4v) is 3.90. The van der Waals surface area contributed by atoms with Gasteiger partial charge in [-0.3, -0.25) is 0 Å². The van der Waals surface area contributed by atoms with E-state index in [4.69, 9.17) is 0 Å². The average Bonchev–Trinajstić information content (AvgIpc) is 2.66. The van der Waals surface area contributed by atoms with Gasteiger partial charge in [-0.15, -0.1) is 0 Å². The van der Waals surface area contributed by atoms with Crippen molar-refractivity contribution in [1.82, 2.24) is 0 Å². The summed E-state index contributed by atoms with van der Waals surface area (Å²) in [6.45, 7) is 6.66. The first-order chi connectivity index (χ1) is 13.0. The molecule has 4 aromatic carbocycles. The number of fused-ring (bicyclic) bond motifs is 2. The minimum atomic E-state index is 0.250. The van der Waals surface area contributed by atoms with Gasteiger partial charge in [-0.2, -0.15) is 0 Å². The SMILES string of the molecule is CC(C)c1ccc2ccc(CC(C)c3cc4ccccc4cc3O)cc2c1. The van der Waals surface area contributed by atoms with Crippen molar-refractivity contribution in [3.8, 4) is 5.75 Å². The highest BCUT2D eigenvalue weighted by Gasteiger charge is 2.13. The lowest BCUT2D eigenvalue weighted by molar-refractivity contribution is 0.463. The summed E-state index contributed by atoms with van der Waals surface area (Å²) in [6, 6.07) is 25.7. The van der Waals surface area contributed by atoms with Crippen molar-refractivity contribution in [2.75, 3.05) is 0 Å². The van der Waals surface area contributed by atoms with Crippen LogP contribution < -0.4 is 0 Å². The highest BCUT2D eigenvalue weighted by atomic mass is 16.3. The summed E-state index contributed by atoms with van der Waals surface area (Å²) in [5.41, 5.74) is 3.70. The van der Waals surface area contributed by atoms with Crippen LogP contribution in [0.3, 0.4) is 0 Å². The van der Waals surface area contributed by atoms with Crippen LogP contribution in [0.5, 0.6) is 5.75 Å². The second kappa shape index (κ2) is 7.08. The van der Waals surface area contributed by atoms with Crippen molar-refractivity contribution in [3.63, 3.8) is 0 Å². The molecule has 1 nitrogen and oxygen atoms in total. The number of hydrogen-bond acceptors (Lipinski definition) is 1. The largest absolute Gasteiger partial charge is 0.508 e. The fraction of sp³-hybridized carbons (Fsp3) is 0.231. The first-order valence-electron chi connectivity index (χ1n) is 9.75. The van der Waals surface area contributed by atoms with Gasteiger partial charge in [0.05, 0.1) is 0 Å². The third-order valence-electron chi connectivity index (χ3n) is 5.56. The summed E-state index contributed by atoms with van der Waals surface area (Å²) in [6.07, 6.45) is 0.910. The van der Waals surface area contributed by atoms with E-state index in [1.807, 2.05) is 24.3 Å². The molecular weight excluding hydrogens is 328 g/mol. The molecule has 0 radical (unpaired) electrons. The lowest BCUT2D eigenvalue weighted by Gasteiger charge is -2.16. The van der Waals surface area contributed by atoms with E-state index in [2.05, 4.69) is 69.3 Å². The average molecular weight is 354 g/mol. The monoisotopic (exact) mass is 354 g/mol. The summed E-state index contributed by atoms with van der Waals surface area (Å²) in [7, 11) is 0. The predicted octanol–water partition coefficient (Wildman–Crippen LogP) is 7.17. The molecule has 4 rings (SSSR count). The zero-order chi connectivity index (χ0) is 19.0. The number of rotatable bonds is 4. The Kier molecular flexibility index (Phi) is 4.61. The Morgan fingerprint density at radius 3 is 2.15 bits per heavy atom. The minimum absolute atomic E-state index is 0.250. The summed E-state index contributed by atoms with van der Waals surface area (Å²) in [5.74, 6) is 1.18. The summed E-state index contributed by atoms with van der Waals surface area (Å²) >= 11 is 0. The van der Waals surface area contributed by atoms with Crippen molar-refractivity contribution in [2.45, 2.75) is 39.0 Å². The van der Waals surface area contributed by atoms with Crippen LogP contribution in [0.2, 0.25) is 0 Å². The van der Waals surface area contributed by atoms with Crippen molar-refractivity contribution in [2.24, 2.45) is 0 Å². The molecule has 1 heteroatoms. The van der Waals surface area contributed by atoms with E-state index in [0.29, 0.717) is 11.7 Å². The van der Waals surface area contributed by atoms with Crippen LogP contribution in [0.4, 0.5) is 0 Å². The maximum Gasteiger partial charge on any atom is 0.119 e. The Labute approximate surface area is 161 Å². The van der Waals surface area contributed by atoms with Gasteiger partial charge in [0.2, 0.25) is 0 Å². The molecule has 0 aliphatic heterocycles. The van der Waals surface area contributed by atoms with Gasteiger partial charge in [0.15, 0.2) is 0 Å². The van der Waals surface area contributed by atoms with E-state index in [-0.39, 0.29) is 5.92 Å². The van der Waals surface area contributed by atoms with E-state index < -0.39 is 0 Å². The van der Waals surface area contributed by atoms with Crippen LogP contribution in [-0.4, -0.2) is 5.11 Å². The topological polar surface area (TPSA) is 20.2 Å². The highest BCUT2D eigenvalue weighted by Crippen LogP contribution is 2.33. The molecule has 0 heterocycles. The first kappa shape index (κ1) is 17.6. The fourth-order valence-electron chi connectivity index (χ4n) is 3.90. The van der Waals surface area contributed by atoms with Gasteiger partial charge in [-0.1, -0.05) is 81.4 Å². The molecule has 0 saturated heterocycles. The number of aromatic hydroxyl groups is 1. The van der Waals surface area contributed by atoms with Gasteiger partial charge in [0.25, 0.3) is 0 Å². The lowest BCUT2D eigenvalue weighted by Crippen LogP contribution is -1.99. The van der Waals surface area contributed by atoms with Gasteiger partial charge in [-0.25, -0.2) is 0 Å². The van der Waals surface area contributed by atoms with Crippen LogP contribution >= 0.6 is 0 Å². The molecule has 0 aromatic heterocycles. The normalized spacial score (nSPS) is 12.7. The minimum Gasteiger partial charge on any atom is -0.508 e. The molecule has 0 amide bonds. The first-order valence-corrected chi connectivity index (χ1v) is 9.75. The Bertz CT molecular complexity index is 1110. The molecule has 0 fully saturated rings. The van der Waals surface area contributed by atoms with Crippen molar-refractivity contribution in [3.05, 3.63) is 89.5 Å². The molecule has 0 spiro atoms. The number of benzene rings is 4. The van der Waals surface area contributed by atoms with Crippen molar-refractivity contribution < 1.29 is 5.11 Å². The van der Waals surface area contributed by atoms with Gasteiger partial charge in [0.1, 0.15) is 5.75 Å². The Hall–Kier alpha value is -2.80. The molecule has 0 aliphatic rings. The third kappa shape index (κ3) is 3.55. The molecule has 1 atom stereocenters. The molecule has 0 aliphatic carbocycles. The zero-order valence-electron chi connectivity index (χ0n) is 16.2. The van der Waals surface area contributed by atoms with Gasteiger partial charge < -0.3 is 5.11 Å². The maximum absolute atomic E-state index is 10.5. The molecule has 1 N–H and O–H groups in total. The lowest BCUT2D eigenvalue weighted by atomic mass is 9.90. The van der Waals surface area contributed by atoms with E-state index in [9.17, 15) is 5.11 Å². The predicted molar refractivity (Wildman–Crippen MR) is 116 cm³/mol. The van der Waals surface area contributed by atoms with Crippen LogP contribution in [-0.2, 0) is 6.42 Å². The van der Waals surface area contributed by atoms with Crippen molar-refractivity contribution >= 4 is 21.5 Å². The van der Waals surface area contributed by atoms with E-state index >= 15 is 0 Å². The number of hydrogen-bond donors (Lipinski definition) is 1. The maximum atomic E-state index is 10.5. The molecule has 0 saturated carbocycles. The van der Waals surface area contributed by atoms with E-state index in [1.165, 1.54) is 27.3 Å². The molecule has 136 valence electrons. The van der Waals surface area contributed by atoms with E-state index in [0.717, 1.165) is 17.4 Å². The zero-order valence-corrected chi connectivity index (χ0v) is 16.2. The van der Waals surface area contributed by atoms with Gasteiger partial charge in [-0.05, 0) is 68.6 Å². The van der Waals surface area contributed by atoms with Crippen LogP contribution in [0, 0.1) is 0 Å². The third-order valence-corrected chi connectivity index (χ3v) is 5.56. The number of phenols is 1. The quantitative estimate of drug-likeness (QED) is 0.412. The van der Waals surface area contributed by atoms with E-state index in [1.54, 1.807) is 0 Å². The Balaban J connectivity index is 1.66. The summed E-state index contributed by atoms with van der Waals surface area (Å²) < 4.78 is 0. The molecule has 27 heavy (non-hydrogen) atoms. The summed E-state index contributed by atoms with van der Waals surface area (Å²) in [4.78, 5) is 0. The molecular formula is C26H26O. The van der Waals surface area contributed by atoms with Crippen LogP contribution in [0.15, 0.2) is 72.8 Å². The Morgan fingerprint density at radius 2 is 1.41 bits per heavy atom. The highest BCUT2D eigenvalue weighted by molar-refractivity contribution is 5.85. The van der Waals surface area contributed by atoms with Gasteiger partial charge in [0, 0.05) is 0 Å². The molecule has 1 unspecified atom stereocenters. The standard InChI is InChI=1S/C26H26O/c1-17(2)21-11-10-20-9-8-19(13-24(20)14-21)12-18(3)25-15-22-6-4-5-7-23(22)16-26(25)27/h4-11,13-18,27H,12H2,1-3H3. The van der Waals surface area contributed by atoms with Crippen molar-refractivity contribution in [1.29, 1.82) is 0 Å². The summed E-state index contributed by atoms with van der Waals surface area (Å²) in [5, 5.41) is 15.4. The van der Waals surface area contributed by atoms with Crippen LogP contribution in [0.25, 0.3) is 21.5 Å². The molecule has 4 aromatic rings. The smallest absolute Gasteiger partial charge is 0.119 e. The second-order valence-corrected chi connectivity index (χ2v) is 7.96. The molecule has 0 bridgehead atoms. The van der Waals surface area contributed by atoms with Crippen LogP contribution in [0.1, 0.15) is 49.3 Å². The van der Waals surface area contributed by atoms with Gasteiger partial charge >= 0.3 is 0 Å². The Morgan fingerprint density at radius 1 is 0.704 bits per heavy atom.